The molecule has 0 aliphatic carbocycles. The number of esters is 1. The van der Waals surface area contributed by atoms with Crippen molar-refractivity contribution in [3.8, 4) is 0 Å². The molecule has 0 saturated carbocycles. The molecule has 1 amide bonds. The minimum Gasteiger partial charge on any atom is -0.467 e. The number of aromatic nitrogens is 2. The first-order chi connectivity index (χ1) is 16.4. The number of methoxy groups -OCH3 is 1. The molecular weight excluding hydrogens is 436 g/mol. The molecule has 0 fully saturated rings. The Labute approximate surface area is 195 Å². The topological polar surface area (TPSA) is 123 Å². The highest BCUT2D eigenvalue weighted by atomic mass is 16.5. The molecule has 0 bridgehead atoms. The number of nitrogens with zero attached hydrogens (tertiary/aromatic N) is 2. The van der Waals surface area contributed by atoms with E-state index >= 15 is 0 Å². The van der Waals surface area contributed by atoms with Crippen LogP contribution in [-0.2, 0) is 16.1 Å². The second kappa shape index (κ2) is 9.70. The SMILES string of the molecule is COC(=O)[C@@H](Nc1nc(CNC(=O)c2cc(=O)c3ccccc3o2)nc2ccccc12)C(C)C. The van der Waals surface area contributed by atoms with Gasteiger partial charge in [-0.05, 0) is 30.2 Å². The Morgan fingerprint density at radius 1 is 1.03 bits per heavy atom. The second-order valence-corrected chi connectivity index (χ2v) is 8.05. The molecule has 9 heteroatoms. The Kier molecular flexibility index (Phi) is 6.53. The lowest BCUT2D eigenvalue weighted by Gasteiger charge is -2.21. The Morgan fingerprint density at radius 2 is 1.74 bits per heavy atom. The standard InChI is InChI=1S/C25H24N4O5/c1-14(2)22(25(32)33-3)29-23-15-8-4-6-10-17(15)27-21(28-23)13-26-24(31)20-12-18(30)16-9-5-7-11-19(16)34-20/h4-12,14,22H,13H2,1-3H3,(H,26,31)(H,27,28,29)/t22-/m0/s1. The van der Waals surface area contributed by atoms with Crippen molar-refractivity contribution in [1.29, 1.82) is 0 Å². The lowest BCUT2D eigenvalue weighted by molar-refractivity contribution is -0.142. The number of amides is 1. The predicted octanol–water partition coefficient (Wildman–Crippen LogP) is 3.28. The number of nitrogens with one attached hydrogen (secondary N) is 2. The summed E-state index contributed by atoms with van der Waals surface area (Å²) in [6.07, 6.45) is 0. The molecule has 0 aliphatic heterocycles. The number of carbonyl (C=O) groups excluding carboxylic acids is 2. The first-order valence-electron chi connectivity index (χ1n) is 10.8. The Hall–Kier alpha value is -4.27. The molecule has 0 spiro atoms. The molecule has 0 radical (unpaired) electrons. The molecule has 174 valence electrons. The van der Waals surface area contributed by atoms with Crippen LogP contribution in [0.1, 0.15) is 30.2 Å². The molecule has 34 heavy (non-hydrogen) atoms. The fourth-order valence-corrected chi connectivity index (χ4v) is 3.55. The van der Waals surface area contributed by atoms with Crippen LogP contribution >= 0.6 is 0 Å². The van der Waals surface area contributed by atoms with Gasteiger partial charge >= 0.3 is 5.97 Å². The van der Waals surface area contributed by atoms with E-state index in [0.717, 1.165) is 11.5 Å². The Bertz CT molecular complexity index is 1430. The van der Waals surface area contributed by atoms with E-state index in [4.69, 9.17) is 9.15 Å². The summed E-state index contributed by atoms with van der Waals surface area (Å²) in [6.45, 7) is 3.78. The minimum absolute atomic E-state index is 0.0144. The van der Waals surface area contributed by atoms with Crippen molar-refractivity contribution < 1.29 is 18.7 Å². The largest absolute Gasteiger partial charge is 0.467 e. The molecule has 0 saturated heterocycles. The smallest absolute Gasteiger partial charge is 0.328 e. The lowest BCUT2D eigenvalue weighted by Crippen LogP contribution is -2.36. The van der Waals surface area contributed by atoms with Gasteiger partial charge < -0.3 is 19.8 Å². The summed E-state index contributed by atoms with van der Waals surface area (Å²) in [4.78, 5) is 46.3. The third kappa shape index (κ3) is 4.73. The van der Waals surface area contributed by atoms with Gasteiger partial charge in [-0.25, -0.2) is 14.8 Å². The minimum atomic E-state index is -0.613. The van der Waals surface area contributed by atoms with Crippen LogP contribution in [0.5, 0.6) is 0 Å². The van der Waals surface area contributed by atoms with Crippen molar-refractivity contribution in [3.63, 3.8) is 0 Å². The zero-order valence-corrected chi connectivity index (χ0v) is 19.0. The zero-order valence-electron chi connectivity index (χ0n) is 19.0. The maximum absolute atomic E-state index is 12.7. The van der Waals surface area contributed by atoms with Crippen LogP contribution in [0.15, 0.2) is 63.8 Å². The maximum Gasteiger partial charge on any atom is 0.328 e. The first kappa shape index (κ1) is 22.9. The monoisotopic (exact) mass is 460 g/mol. The molecular formula is C25H24N4O5. The first-order valence-corrected chi connectivity index (χ1v) is 10.8. The van der Waals surface area contributed by atoms with E-state index in [1.807, 2.05) is 38.1 Å². The average Bonchev–Trinajstić information content (AvgIpc) is 2.85. The summed E-state index contributed by atoms with van der Waals surface area (Å²) >= 11 is 0. The number of ether oxygens (including phenoxy) is 1. The quantitative estimate of drug-likeness (QED) is 0.403. The Balaban J connectivity index is 1.60. The van der Waals surface area contributed by atoms with Crippen LogP contribution in [0.3, 0.4) is 0 Å². The van der Waals surface area contributed by atoms with E-state index in [1.54, 1.807) is 24.3 Å². The number of hydrogen-bond acceptors (Lipinski definition) is 8. The highest BCUT2D eigenvalue weighted by molar-refractivity contribution is 5.93. The van der Waals surface area contributed by atoms with Crippen LogP contribution < -0.4 is 16.1 Å². The van der Waals surface area contributed by atoms with Crippen LogP contribution in [0.2, 0.25) is 0 Å². The van der Waals surface area contributed by atoms with Gasteiger partial charge in [0.2, 0.25) is 0 Å². The van der Waals surface area contributed by atoms with Gasteiger partial charge in [0.25, 0.3) is 5.91 Å². The number of anilines is 1. The molecule has 2 N–H and O–H groups in total. The molecule has 2 heterocycles. The lowest BCUT2D eigenvalue weighted by atomic mass is 10.0. The molecule has 0 unspecified atom stereocenters. The van der Waals surface area contributed by atoms with Crippen LogP contribution in [0, 0.1) is 5.92 Å². The van der Waals surface area contributed by atoms with Gasteiger partial charge in [0, 0.05) is 11.5 Å². The van der Waals surface area contributed by atoms with Gasteiger partial charge in [-0.2, -0.15) is 0 Å². The van der Waals surface area contributed by atoms with E-state index in [9.17, 15) is 14.4 Å². The van der Waals surface area contributed by atoms with Crippen molar-refractivity contribution in [3.05, 3.63) is 76.4 Å². The van der Waals surface area contributed by atoms with Crippen LogP contribution in [-0.4, -0.2) is 35.0 Å². The predicted molar refractivity (Wildman–Crippen MR) is 127 cm³/mol. The van der Waals surface area contributed by atoms with Gasteiger partial charge in [0.15, 0.2) is 17.0 Å². The van der Waals surface area contributed by atoms with E-state index in [0.29, 0.717) is 28.1 Å². The van der Waals surface area contributed by atoms with E-state index in [-0.39, 0.29) is 23.7 Å². The third-order valence-corrected chi connectivity index (χ3v) is 5.33. The van der Waals surface area contributed by atoms with Gasteiger partial charge in [-0.1, -0.05) is 38.1 Å². The molecule has 9 nitrogen and oxygen atoms in total. The molecule has 2 aromatic carbocycles. The van der Waals surface area contributed by atoms with Crippen LogP contribution in [0.4, 0.5) is 5.82 Å². The van der Waals surface area contributed by atoms with Gasteiger partial charge in [0.05, 0.1) is 24.6 Å². The number of para-hydroxylation sites is 2. The number of hydrogen-bond donors (Lipinski definition) is 2. The summed E-state index contributed by atoms with van der Waals surface area (Å²) in [5.74, 6) is -0.350. The van der Waals surface area contributed by atoms with E-state index < -0.39 is 17.9 Å². The van der Waals surface area contributed by atoms with Gasteiger partial charge in [-0.3, -0.25) is 9.59 Å². The summed E-state index contributed by atoms with van der Waals surface area (Å²) in [5, 5.41) is 6.98. The number of rotatable bonds is 7. The highest BCUT2D eigenvalue weighted by Crippen LogP contribution is 2.22. The summed E-state index contributed by atoms with van der Waals surface area (Å²) in [5.41, 5.74) is 0.674. The molecule has 2 aromatic heterocycles. The average molecular weight is 460 g/mol. The molecule has 4 rings (SSSR count). The van der Waals surface area contributed by atoms with E-state index in [1.165, 1.54) is 7.11 Å². The number of fused-ring (bicyclic) bond motifs is 2. The summed E-state index contributed by atoms with van der Waals surface area (Å²) < 4.78 is 10.5. The fourth-order valence-electron chi connectivity index (χ4n) is 3.55. The van der Waals surface area contributed by atoms with Crippen molar-refractivity contribution in [1.82, 2.24) is 15.3 Å². The molecule has 1 atom stereocenters. The Morgan fingerprint density at radius 3 is 2.47 bits per heavy atom. The summed E-state index contributed by atoms with van der Waals surface area (Å²) in [6, 6.07) is 14.6. The molecule has 0 aliphatic rings. The van der Waals surface area contributed by atoms with Crippen molar-refractivity contribution in [2.75, 3.05) is 12.4 Å². The fraction of sp³-hybridized carbons (Fsp3) is 0.240. The van der Waals surface area contributed by atoms with Gasteiger partial charge in [-0.15, -0.1) is 0 Å². The van der Waals surface area contributed by atoms with Gasteiger partial charge in [0.1, 0.15) is 17.4 Å². The zero-order chi connectivity index (χ0) is 24.2. The number of benzene rings is 2. The maximum atomic E-state index is 12.7. The molecule has 4 aromatic rings. The highest BCUT2D eigenvalue weighted by Gasteiger charge is 2.24. The van der Waals surface area contributed by atoms with Crippen LogP contribution in [0.25, 0.3) is 21.9 Å². The van der Waals surface area contributed by atoms with Crippen molar-refractivity contribution in [2.45, 2.75) is 26.4 Å². The second-order valence-electron chi connectivity index (χ2n) is 8.05. The third-order valence-electron chi connectivity index (χ3n) is 5.33. The van der Waals surface area contributed by atoms with Crippen molar-refractivity contribution >= 4 is 39.6 Å². The summed E-state index contributed by atoms with van der Waals surface area (Å²) in [7, 11) is 1.34. The van der Waals surface area contributed by atoms with E-state index in [2.05, 4.69) is 20.6 Å². The van der Waals surface area contributed by atoms with Crippen molar-refractivity contribution in [2.24, 2.45) is 5.92 Å². The number of carbonyl (C=O) groups is 2. The normalized spacial score (nSPS) is 12.0.